The minimum absolute atomic E-state index is 0.141. The van der Waals surface area contributed by atoms with Crippen LogP contribution in [0.3, 0.4) is 0 Å². The molecule has 1 N–H and O–H groups in total. The number of phenols is 1. The van der Waals surface area contributed by atoms with Crippen LogP contribution in [0.15, 0.2) is 109 Å². The molecule has 4 heterocycles. The first-order chi connectivity index (χ1) is 34.8. The molecule has 9 aromatic rings. The number of hydrogen-bond donors (Lipinski definition) is 1. The van der Waals surface area contributed by atoms with Crippen LogP contribution < -0.4 is 5.19 Å². The van der Waals surface area contributed by atoms with Gasteiger partial charge >= 0.3 is 0 Å². The summed E-state index contributed by atoms with van der Waals surface area (Å²) in [5.41, 5.74) is 17.0. The lowest BCUT2D eigenvalue weighted by Gasteiger charge is -2.46. The molecule has 0 unspecified atom stereocenters. The SMILES string of the molecule is CC(C)c1cc([Si](C)(C)C)cc(C(C)C)c1-n1c(-c2cc(C(C)(C)C)cc(C(C)(C)C)c2O)nc2c(-c3cc(-c4cc5nc6n(c5cn4)-c4ccccc4C(C)(C)C6(C)C)cc(C(C)(C)C)c3)cc3ccccc3c21. The molecule has 3 aromatic heterocycles. The number of aromatic nitrogens is 5. The van der Waals surface area contributed by atoms with E-state index in [2.05, 4.69) is 250 Å². The van der Waals surface area contributed by atoms with Gasteiger partial charge in [-0.3, -0.25) is 14.1 Å². The molecule has 6 aromatic carbocycles. The minimum atomic E-state index is -1.76. The molecule has 0 saturated carbocycles. The topological polar surface area (TPSA) is 68.8 Å². The Morgan fingerprint density at radius 1 is 0.600 bits per heavy atom. The molecule has 0 bridgehead atoms. The zero-order valence-corrected chi connectivity index (χ0v) is 49.7. The van der Waals surface area contributed by atoms with Crippen LogP contribution in [0.25, 0.3) is 78.0 Å². The van der Waals surface area contributed by atoms with Gasteiger partial charge in [0, 0.05) is 32.9 Å². The van der Waals surface area contributed by atoms with Gasteiger partial charge in [0.15, 0.2) is 0 Å². The van der Waals surface area contributed by atoms with Crippen molar-refractivity contribution in [2.75, 3.05) is 0 Å². The number of fused-ring (bicyclic) bond motifs is 8. The summed E-state index contributed by atoms with van der Waals surface area (Å²) >= 11 is 0. The van der Waals surface area contributed by atoms with Crippen molar-refractivity contribution in [1.82, 2.24) is 24.1 Å². The number of aromatic hydroxyl groups is 1. The van der Waals surface area contributed by atoms with Gasteiger partial charge in [-0.2, -0.15) is 0 Å². The van der Waals surface area contributed by atoms with E-state index < -0.39 is 8.07 Å². The van der Waals surface area contributed by atoms with E-state index in [-0.39, 0.29) is 44.7 Å². The third-order valence-corrected chi connectivity index (χ3v) is 19.1. The van der Waals surface area contributed by atoms with Gasteiger partial charge in [0.2, 0.25) is 0 Å². The summed E-state index contributed by atoms with van der Waals surface area (Å²) in [5, 5.41) is 16.6. The fourth-order valence-electron chi connectivity index (χ4n) is 11.6. The van der Waals surface area contributed by atoms with Gasteiger partial charge in [0.05, 0.1) is 59.0 Å². The molecule has 6 nitrogen and oxygen atoms in total. The molecule has 0 fully saturated rings. The molecule has 0 radical (unpaired) electrons. The Bertz CT molecular complexity index is 3750. The quantitative estimate of drug-likeness (QED) is 0.162. The van der Waals surface area contributed by atoms with Crippen LogP contribution in [-0.2, 0) is 27.1 Å². The molecule has 10 rings (SSSR count). The first kappa shape index (κ1) is 52.1. The summed E-state index contributed by atoms with van der Waals surface area (Å²) in [6.07, 6.45) is 2.04. The lowest BCUT2D eigenvalue weighted by Crippen LogP contribution is -2.46. The van der Waals surface area contributed by atoms with E-state index in [4.69, 9.17) is 15.0 Å². The lowest BCUT2D eigenvalue weighted by molar-refractivity contribution is 0.272. The molecule has 75 heavy (non-hydrogen) atoms. The van der Waals surface area contributed by atoms with Crippen molar-refractivity contribution in [2.45, 2.75) is 176 Å². The average molecular weight is 1010 g/mol. The molecule has 0 saturated heterocycles. The highest BCUT2D eigenvalue weighted by Gasteiger charge is 2.48. The molecular formula is C68H81N5OSi. The first-order valence-corrected chi connectivity index (χ1v) is 31.0. The van der Waals surface area contributed by atoms with E-state index in [0.717, 1.165) is 83.6 Å². The number of imidazole rings is 2. The summed E-state index contributed by atoms with van der Waals surface area (Å²) in [6.45, 7) is 46.3. The Balaban J connectivity index is 1.33. The van der Waals surface area contributed by atoms with Gasteiger partial charge < -0.3 is 5.11 Å². The maximum absolute atomic E-state index is 12.9. The van der Waals surface area contributed by atoms with Crippen molar-refractivity contribution in [3.05, 3.63) is 149 Å². The number of hydrogen-bond acceptors (Lipinski definition) is 4. The van der Waals surface area contributed by atoms with Gasteiger partial charge in [0.1, 0.15) is 17.4 Å². The second-order valence-electron chi connectivity index (χ2n) is 27.7. The third kappa shape index (κ3) is 8.47. The highest BCUT2D eigenvalue weighted by atomic mass is 28.3. The van der Waals surface area contributed by atoms with Crippen molar-refractivity contribution in [1.29, 1.82) is 0 Å². The van der Waals surface area contributed by atoms with E-state index in [1.807, 2.05) is 6.20 Å². The lowest BCUT2D eigenvalue weighted by atomic mass is 9.61. The smallest absolute Gasteiger partial charge is 0.149 e. The zero-order valence-electron chi connectivity index (χ0n) is 48.7. The minimum Gasteiger partial charge on any atom is -0.507 e. The van der Waals surface area contributed by atoms with Crippen LogP contribution in [0.2, 0.25) is 19.6 Å². The molecule has 388 valence electrons. The van der Waals surface area contributed by atoms with E-state index in [0.29, 0.717) is 0 Å². The number of phenolic OH excluding ortho intramolecular Hbond substituents is 1. The van der Waals surface area contributed by atoms with Gasteiger partial charge in [0.25, 0.3) is 0 Å². The molecule has 7 heteroatoms. The van der Waals surface area contributed by atoms with E-state index in [9.17, 15) is 5.11 Å². The Kier molecular flexibility index (Phi) is 12.1. The summed E-state index contributed by atoms with van der Waals surface area (Å²) in [5.74, 6) is 2.49. The van der Waals surface area contributed by atoms with E-state index in [1.54, 1.807) is 0 Å². The normalized spacial score (nSPS) is 14.9. The third-order valence-electron chi connectivity index (χ3n) is 17.1. The summed E-state index contributed by atoms with van der Waals surface area (Å²) < 4.78 is 4.82. The van der Waals surface area contributed by atoms with Crippen LogP contribution in [-0.4, -0.2) is 37.3 Å². The summed E-state index contributed by atoms with van der Waals surface area (Å²) in [6, 6.07) is 38.6. The number of rotatable bonds is 7. The molecular weight excluding hydrogens is 931 g/mol. The molecule has 0 aliphatic carbocycles. The Morgan fingerprint density at radius 2 is 1.20 bits per heavy atom. The Labute approximate surface area is 448 Å². The van der Waals surface area contributed by atoms with Crippen molar-refractivity contribution in [3.63, 3.8) is 0 Å². The van der Waals surface area contributed by atoms with Crippen molar-refractivity contribution >= 4 is 46.1 Å². The largest absolute Gasteiger partial charge is 0.507 e. The standard InChI is InChI=1S/C68H81N5OSi/c1-39(2)48-35-46(75(18,19)20)36-49(40(3)4)59(48)73-60-47-26-22-21-25-41(47)32-50(58(60)71-62(73)51-33-45(65(8,9)10)34-53(61(51)74)66(11,12)13)42-29-43(31-44(30-42)64(5,6)7)54-37-55-57(38-69-54)72-56-28-24-23-27-52(56)67(14,15)68(16,17)63(72)70-55/h21-40,74H,1-20H3. The van der Waals surface area contributed by atoms with Crippen LogP contribution in [0.4, 0.5) is 0 Å². The molecule has 1 aliphatic heterocycles. The van der Waals surface area contributed by atoms with Gasteiger partial charge in [-0.25, -0.2) is 9.97 Å². The molecule has 1 aliphatic rings. The second kappa shape index (κ2) is 17.4. The molecule has 0 atom stereocenters. The predicted molar refractivity (Wildman–Crippen MR) is 322 cm³/mol. The van der Waals surface area contributed by atoms with Crippen molar-refractivity contribution in [3.8, 4) is 50.9 Å². The van der Waals surface area contributed by atoms with Gasteiger partial charge in [-0.15, -0.1) is 0 Å². The number of para-hydroxylation sites is 1. The summed E-state index contributed by atoms with van der Waals surface area (Å²) in [7, 11) is -1.76. The van der Waals surface area contributed by atoms with Gasteiger partial charge in [-0.05, 0) is 103 Å². The zero-order chi connectivity index (χ0) is 54.4. The average Bonchev–Trinajstić information content (AvgIpc) is 3.91. The monoisotopic (exact) mass is 1010 g/mol. The maximum atomic E-state index is 12.9. The summed E-state index contributed by atoms with van der Waals surface area (Å²) in [4.78, 5) is 16.8. The predicted octanol–water partition coefficient (Wildman–Crippen LogP) is 17.9. The second-order valence-corrected chi connectivity index (χ2v) is 32.8. The highest BCUT2D eigenvalue weighted by molar-refractivity contribution is 6.88. The highest BCUT2D eigenvalue weighted by Crippen LogP contribution is 2.52. The fourth-order valence-corrected chi connectivity index (χ4v) is 12.8. The van der Waals surface area contributed by atoms with Crippen molar-refractivity contribution in [2.24, 2.45) is 0 Å². The van der Waals surface area contributed by atoms with Crippen molar-refractivity contribution < 1.29 is 5.11 Å². The number of nitrogens with zero attached hydrogens (tertiary/aromatic N) is 5. The number of benzene rings is 6. The molecule has 0 amide bonds. The van der Waals surface area contributed by atoms with Crippen LogP contribution in [0, 0.1) is 0 Å². The number of pyridine rings is 1. The Hall–Kier alpha value is -6.31. The van der Waals surface area contributed by atoms with E-state index >= 15 is 0 Å². The Morgan fingerprint density at radius 3 is 1.81 bits per heavy atom. The first-order valence-electron chi connectivity index (χ1n) is 27.5. The van der Waals surface area contributed by atoms with Crippen LogP contribution in [0.5, 0.6) is 5.75 Å². The maximum Gasteiger partial charge on any atom is 0.149 e. The van der Waals surface area contributed by atoms with Gasteiger partial charge in [-0.1, -0.05) is 209 Å². The van der Waals surface area contributed by atoms with Crippen LogP contribution in [0.1, 0.15) is 169 Å². The fraction of sp³-hybridized carbons (Fsp3) is 0.397. The van der Waals surface area contributed by atoms with E-state index in [1.165, 1.54) is 38.8 Å². The molecule has 0 spiro atoms. The van der Waals surface area contributed by atoms with Crippen LogP contribution >= 0.6 is 0 Å².